The number of pyridine rings is 2. The van der Waals surface area contributed by atoms with E-state index in [1.54, 1.807) is 0 Å². The molecule has 1 saturated carbocycles. The highest BCUT2D eigenvalue weighted by molar-refractivity contribution is 5.83. The molecule has 0 spiro atoms. The Hall–Kier alpha value is -2.92. The van der Waals surface area contributed by atoms with Gasteiger partial charge in [-0.2, -0.15) is 0 Å². The molecule has 2 aromatic heterocycles. The average molecular weight is 443 g/mol. The summed E-state index contributed by atoms with van der Waals surface area (Å²) in [6.07, 6.45) is 8.41. The van der Waals surface area contributed by atoms with E-state index in [0.717, 1.165) is 54.0 Å². The van der Waals surface area contributed by atoms with E-state index in [1.807, 2.05) is 36.1 Å². The number of anilines is 1. The van der Waals surface area contributed by atoms with E-state index in [9.17, 15) is 4.79 Å². The summed E-state index contributed by atoms with van der Waals surface area (Å²) >= 11 is 0. The molecule has 0 amide bonds. The minimum atomic E-state index is 0.0797. The van der Waals surface area contributed by atoms with Gasteiger partial charge in [0.25, 0.3) is 5.56 Å². The molecular formula is C28H34N4O. The molecule has 172 valence electrons. The minimum Gasteiger partial charge on any atom is -0.363 e. The Balaban J connectivity index is 1.64. The van der Waals surface area contributed by atoms with E-state index < -0.39 is 0 Å². The third kappa shape index (κ3) is 4.47. The molecular weight excluding hydrogens is 408 g/mol. The maximum atomic E-state index is 13.7. The van der Waals surface area contributed by atoms with Gasteiger partial charge in [0, 0.05) is 50.2 Å². The van der Waals surface area contributed by atoms with Crippen LogP contribution in [0, 0.1) is 0 Å². The van der Waals surface area contributed by atoms with Crippen molar-refractivity contribution in [2.24, 2.45) is 7.05 Å². The number of hydrogen-bond acceptors (Lipinski definition) is 4. The van der Waals surface area contributed by atoms with Gasteiger partial charge in [0.2, 0.25) is 0 Å². The Morgan fingerprint density at radius 3 is 2.58 bits per heavy atom. The summed E-state index contributed by atoms with van der Waals surface area (Å²) in [6, 6.07) is 15.8. The summed E-state index contributed by atoms with van der Waals surface area (Å²) in [5, 5.41) is 3.57. The maximum Gasteiger partial charge on any atom is 0.274 e. The second-order valence-corrected chi connectivity index (χ2v) is 9.84. The van der Waals surface area contributed by atoms with Crippen molar-refractivity contribution in [3.8, 4) is 22.4 Å². The van der Waals surface area contributed by atoms with Gasteiger partial charge in [-0.25, -0.2) is 0 Å². The first-order valence-corrected chi connectivity index (χ1v) is 12.3. The molecule has 1 aromatic carbocycles. The van der Waals surface area contributed by atoms with Gasteiger partial charge in [0.15, 0.2) is 0 Å². The van der Waals surface area contributed by atoms with E-state index in [-0.39, 0.29) is 5.56 Å². The van der Waals surface area contributed by atoms with E-state index in [1.165, 1.54) is 18.4 Å². The Morgan fingerprint density at radius 1 is 1.06 bits per heavy atom. The number of nitrogens with one attached hydrogen (secondary N) is 1. The molecule has 5 nitrogen and oxygen atoms in total. The molecule has 3 heterocycles. The Labute approximate surface area is 196 Å². The SMILES string of the molecule is CC(C)NCC1CCCN1c1cc(-c2ccncc2)c(-c2cccc(C3CC3)c2)n(C)c1=O. The van der Waals surface area contributed by atoms with Crippen molar-refractivity contribution in [1.82, 2.24) is 14.9 Å². The van der Waals surface area contributed by atoms with Gasteiger partial charge in [0.1, 0.15) is 5.69 Å². The average Bonchev–Trinajstić information content (AvgIpc) is 3.58. The molecule has 1 N–H and O–H groups in total. The summed E-state index contributed by atoms with van der Waals surface area (Å²) < 4.78 is 1.86. The monoisotopic (exact) mass is 442 g/mol. The summed E-state index contributed by atoms with van der Waals surface area (Å²) in [6.45, 7) is 6.16. The van der Waals surface area contributed by atoms with Crippen LogP contribution in [0.4, 0.5) is 5.69 Å². The largest absolute Gasteiger partial charge is 0.363 e. The van der Waals surface area contributed by atoms with Crippen LogP contribution in [0.25, 0.3) is 22.4 Å². The molecule has 0 radical (unpaired) electrons. The molecule has 5 rings (SSSR count). The zero-order chi connectivity index (χ0) is 22.9. The lowest BCUT2D eigenvalue weighted by Crippen LogP contribution is -2.42. The first-order chi connectivity index (χ1) is 16.0. The molecule has 2 aliphatic rings. The Morgan fingerprint density at radius 2 is 1.85 bits per heavy atom. The van der Waals surface area contributed by atoms with Crippen LogP contribution in [0.15, 0.2) is 59.7 Å². The smallest absolute Gasteiger partial charge is 0.274 e. The predicted molar refractivity (Wildman–Crippen MR) is 136 cm³/mol. The molecule has 1 saturated heterocycles. The third-order valence-corrected chi connectivity index (χ3v) is 7.04. The predicted octanol–water partition coefficient (Wildman–Crippen LogP) is 4.96. The van der Waals surface area contributed by atoms with Crippen LogP contribution in [-0.2, 0) is 7.05 Å². The number of rotatable bonds is 7. The molecule has 2 fully saturated rings. The van der Waals surface area contributed by atoms with Crippen LogP contribution >= 0.6 is 0 Å². The third-order valence-electron chi connectivity index (χ3n) is 7.04. The molecule has 1 aliphatic carbocycles. The van der Waals surface area contributed by atoms with Gasteiger partial charge in [-0.15, -0.1) is 0 Å². The summed E-state index contributed by atoms with van der Waals surface area (Å²) in [4.78, 5) is 20.3. The lowest BCUT2D eigenvalue weighted by Gasteiger charge is -2.29. The van der Waals surface area contributed by atoms with Crippen molar-refractivity contribution in [3.63, 3.8) is 0 Å². The lowest BCUT2D eigenvalue weighted by molar-refractivity contribution is 0.523. The van der Waals surface area contributed by atoms with E-state index in [2.05, 4.69) is 59.4 Å². The van der Waals surface area contributed by atoms with Gasteiger partial charge in [-0.1, -0.05) is 32.0 Å². The fourth-order valence-electron chi connectivity index (χ4n) is 5.12. The number of aromatic nitrogens is 2. The molecule has 3 aromatic rings. The summed E-state index contributed by atoms with van der Waals surface area (Å²) in [7, 11) is 1.92. The first-order valence-electron chi connectivity index (χ1n) is 12.3. The fourth-order valence-corrected chi connectivity index (χ4v) is 5.12. The van der Waals surface area contributed by atoms with Gasteiger partial charge >= 0.3 is 0 Å². The van der Waals surface area contributed by atoms with Gasteiger partial charge in [0.05, 0.1) is 5.69 Å². The Bertz CT molecular complexity index is 1180. The van der Waals surface area contributed by atoms with Crippen LogP contribution in [0.1, 0.15) is 51.0 Å². The zero-order valence-corrected chi connectivity index (χ0v) is 19.9. The van der Waals surface area contributed by atoms with Crippen molar-refractivity contribution in [3.05, 3.63) is 70.8 Å². The van der Waals surface area contributed by atoms with Gasteiger partial charge in [-0.05, 0) is 72.6 Å². The second-order valence-electron chi connectivity index (χ2n) is 9.84. The minimum absolute atomic E-state index is 0.0797. The molecule has 1 atom stereocenters. The molecule has 33 heavy (non-hydrogen) atoms. The van der Waals surface area contributed by atoms with Crippen LogP contribution in [0.5, 0.6) is 0 Å². The van der Waals surface area contributed by atoms with Crippen LogP contribution in [0.2, 0.25) is 0 Å². The van der Waals surface area contributed by atoms with Crippen LogP contribution in [0.3, 0.4) is 0 Å². The summed E-state index contributed by atoms with van der Waals surface area (Å²) in [5.41, 5.74) is 6.53. The summed E-state index contributed by atoms with van der Waals surface area (Å²) in [5.74, 6) is 0.671. The maximum absolute atomic E-state index is 13.7. The number of hydrogen-bond donors (Lipinski definition) is 1. The van der Waals surface area contributed by atoms with E-state index in [0.29, 0.717) is 18.0 Å². The highest BCUT2D eigenvalue weighted by atomic mass is 16.1. The number of nitrogens with zero attached hydrogens (tertiary/aromatic N) is 3. The quantitative estimate of drug-likeness (QED) is 0.562. The van der Waals surface area contributed by atoms with E-state index in [4.69, 9.17) is 0 Å². The fraction of sp³-hybridized carbons (Fsp3) is 0.429. The second kappa shape index (κ2) is 9.14. The highest BCUT2D eigenvalue weighted by Crippen LogP contribution is 2.42. The number of benzene rings is 1. The van der Waals surface area contributed by atoms with Crippen LogP contribution in [-0.4, -0.2) is 34.7 Å². The highest BCUT2D eigenvalue weighted by Gasteiger charge is 2.29. The van der Waals surface area contributed by atoms with Crippen molar-refractivity contribution in [1.29, 1.82) is 0 Å². The van der Waals surface area contributed by atoms with Crippen molar-refractivity contribution >= 4 is 5.69 Å². The van der Waals surface area contributed by atoms with Crippen LogP contribution < -0.4 is 15.8 Å². The normalized spacial score (nSPS) is 18.3. The molecule has 1 aliphatic heterocycles. The zero-order valence-electron chi connectivity index (χ0n) is 19.9. The topological polar surface area (TPSA) is 50.2 Å². The lowest BCUT2D eigenvalue weighted by atomic mass is 9.96. The van der Waals surface area contributed by atoms with Gasteiger partial charge in [-0.3, -0.25) is 9.78 Å². The van der Waals surface area contributed by atoms with Crippen molar-refractivity contribution in [2.75, 3.05) is 18.0 Å². The molecule has 5 heteroatoms. The van der Waals surface area contributed by atoms with Crippen molar-refractivity contribution in [2.45, 2.75) is 57.5 Å². The molecule has 1 unspecified atom stereocenters. The molecule has 0 bridgehead atoms. The van der Waals surface area contributed by atoms with Crippen molar-refractivity contribution < 1.29 is 0 Å². The first kappa shape index (κ1) is 21.9. The van der Waals surface area contributed by atoms with Gasteiger partial charge < -0.3 is 14.8 Å². The Kier molecular flexibility index (Phi) is 6.07. The van der Waals surface area contributed by atoms with E-state index >= 15 is 0 Å². The standard InChI is InChI=1S/C28H34N4O/c1-19(2)30-18-24-8-5-15-32(24)26-17-25(21-11-13-29-14-12-21)27(31(3)28(26)33)23-7-4-6-22(16-23)20-9-10-20/h4,6-7,11-14,16-17,19-20,24,30H,5,8-10,15,18H2,1-3H3.